The average molecular weight is 529 g/mol. The maximum absolute atomic E-state index is 12.3. The number of benzene rings is 2. The number of aryl methyl sites for hydroxylation is 2. The van der Waals surface area contributed by atoms with Gasteiger partial charge >= 0.3 is 0 Å². The smallest absolute Gasteiger partial charge is 0.234 e. The molecule has 0 unspecified atom stereocenters. The Balaban J connectivity index is 1.36. The lowest BCUT2D eigenvalue weighted by molar-refractivity contribution is -0.114. The molecule has 6 nitrogen and oxygen atoms in total. The molecule has 2 amide bonds. The summed E-state index contributed by atoms with van der Waals surface area (Å²) in [4.78, 5) is 24.6. The molecule has 0 fully saturated rings. The Bertz CT molecular complexity index is 985. The Morgan fingerprint density at radius 1 is 0.714 bits per heavy atom. The van der Waals surface area contributed by atoms with Crippen LogP contribution in [0.5, 0.6) is 0 Å². The lowest BCUT2D eigenvalue weighted by Gasteiger charge is -2.06. The summed E-state index contributed by atoms with van der Waals surface area (Å²) >= 11 is 4.08. The van der Waals surface area contributed by atoms with Crippen LogP contribution in [-0.2, 0) is 22.4 Å². The Kier molecular flexibility index (Phi) is 11.6. The summed E-state index contributed by atoms with van der Waals surface area (Å²) in [5.74, 6) is 0.346. The third kappa shape index (κ3) is 10.0. The van der Waals surface area contributed by atoms with Crippen molar-refractivity contribution in [2.75, 3.05) is 22.1 Å². The van der Waals surface area contributed by atoms with Crippen molar-refractivity contribution < 1.29 is 9.59 Å². The third-order valence-electron chi connectivity index (χ3n) is 5.15. The number of nitrogens with one attached hydrogen (secondary N) is 2. The van der Waals surface area contributed by atoms with Crippen molar-refractivity contribution in [2.45, 2.75) is 61.1 Å². The van der Waals surface area contributed by atoms with Gasteiger partial charge in [0, 0.05) is 11.4 Å². The second kappa shape index (κ2) is 14.9. The largest absolute Gasteiger partial charge is 0.325 e. The number of anilines is 2. The highest BCUT2D eigenvalue weighted by molar-refractivity contribution is 8.03. The van der Waals surface area contributed by atoms with Gasteiger partial charge in [0.25, 0.3) is 0 Å². The van der Waals surface area contributed by atoms with E-state index in [0.717, 1.165) is 24.2 Å². The summed E-state index contributed by atoms with van der Waals surface area (Å²) < 4.78 is 1.42. The number of carbonyl (C=O) groups excluding carboxylic acids is 2. The van der Waals surface area contributed by atoms with Gasteiger partial charge in [-0.2, -0.15) is 0 Å². The van der Waals surface area contributed by atoms with Crippen LogP contribution in [0.15, 0.2) is 57.2 Å². The van der Waals surface area contributed by atoms with E-state index in [1.807, 2.05) is 24.3 Å². The Morgan fingerprint density at radius 2 is 1.11 bits per heavy atom. The van der Waals surface area contributed by atoms with E-state index in [-0.39, 0.29) is 23.3 Å². The summed E-state index contributed by atoms with van der Waals surface area (Å²) in [6.45, 7) is 4.36. The van der Waals surface area contributed by atoms with Crippen molar-refractivity contribution in [1.29, 1.82) is 0 Å². The number of carbonyl (C=O) groups is 2. The fourth-order valence-corrected chi connectivity index (χ4v) is 5.85. The molecule has 0 aliphatic heterocycles. The number of amides is 2. The van der Waals surface area contributed by atoms with Crippen LogP contribution in [0, 0.1) is 0 Å². The number of hydrogen-bond donors (Lipinski definition) is 2. The molecule has 2 N–H and O–H groups in total. The maximum Gasteiger partial charge on any atom is 0.234 e. The SMILES string of the molecule is CCCCc1ccc(NC(=O)CSc2nnc(SCC(=O)Nc3ccc(CCCC)cc3)s2)cc1. The fraction of sp³-hybridized carbons (Fsp3) is 0.385. The second-order valence-electron chi connectivity index (χ2n) is 8.11. The van der Waals surface area contributed by atoms with Gasteiger partial charge in [0.05, 0.1) is 11.5 Å². The molecule has 0 aliphatic rings. The zero-order chi connectivity index (χ0) is 24.9. The van der Waals surface area contributed by atoms with Crippen LogP contribution < -0.4 is 10.6 Å². The zero-order valence-electron chi connectivity index (χ0n) is 20.2. The van der Waals surface area contributed by atoms with E-state index in [9.17, 15) is 9.59 Å². The summed E-state index contributed by atoms with van der Waals surface area (Å²) in [6.07, 6.45) is 6.80. The van der Waals surface area contributed by atoms with Gasteiger partial charge in [-0.3, -0.25) is 9.59 Å². The lowest BCUT2D eigenvalue weighted by Crippen LogP contribution is -2.13. The van der Waals surface area contributed by atoms with E-state index in [0.29, 0.717) is 8.68 Å². The van der Waals surface area contributed by atoms with Gasteiger partial charge in [-0.25, -0.2) is 0 Å². The summed E-state index contributed by atoms with van der Waals surface area (Å²) in [5.41, 5.74) is 4.16. The Hall–Kier alpha value is -2.36. The summed E-state index contributed by atoms with van der Waals surface area (Å²) in [7, 11) is 0. The van der Waals surface area contributed by atoms with Crippen LogP contribution in [-0.4, -0.2) is 33.5 Å². The van der Waals surface area contributed by atoms with E-state index in [1.54, 1.807) is 0 Å². The summed E-state index contributed by atoms with van der Waals surface area (Å²) in [5, 5.41) is 14.1. The number of unbranched alkanes of at least 4 members (excludes halogenated alkanes) is 2. The number of aromatic nitrogens is 2. The monoisotopic (exact) mass is 528 g/mol. The molecule has 0 bridgehead atoms. The van der Waals surface area contributed by atoms with Crippen molar-refractivity contribution in [3.8, 4) is 0 Å². The topological polar surface area (TPSA) is 84.0 Å². The predicted octanol–water partition coefficient (Wildman–Crippen LogP) is 6.68. The first-order valence-corrected chi connectivity index (χ1v) is 14.7. The number of rotatable bonds is 14. The first-order valence-electron chi connectivity index (χ1n) is 11.9. The van der Waals surface area contributed by atoms with Crippen molar-refractivity contribution in [3.05, 3.63) is 59.7 Å². The van der Waals surface area contributed by atoms with Crippen molar-refractivity contribution in [1.82, 2.24) is 10.2 Å². The molecule has 0 radical (unpaired) electrons. The first kappa shape index (κ1) is 27.2. The van der Waals surface area contributed by atoms with Crippen molar-refractivity contribution in [2.24, 2.45) is 0 Å². The zero-order valence-corrected chi connectivity index (χ0v) is 22.7. The van der Waals surface area contributed by atoms with Crippen LogP contribution in [0.4, 0.5) is 11.4 Å². The van der Waals surface area contributed by atoms with E-state index in [2.05, 4.69) is 58.9 Å². The molecule has 1 aromatic heterocycles. The minimum Gasteiger partial charge on any atom is -0.325 e. The molecular weight excluding hydrogens is 497 g/mol. The van der Waals surface area contributed by atoms with Crippen LogP contribution in [0.2, 0.25) is 0 Å². The first-order chi connectivity index (χ1) is 17.1. The highest BCUT2D eigenvalue weighted by Crippen LogP contribution is 2.29. The number of hydrogen-bond acceptors (Lipinski definition) is 7. The molecule has 1 heterocycles. The van der Waals surface area contributed by atoms with Gasteiger partial charge in [0.2, 0.25) is 11.8 Å². The van der Waals surface area contributed by atoms with Crippen LogP contribution in [0.25, 0.3) is 0 Å². The second-order valence-corrected chi connectivity index (χ2v) is 11.5. The molecule has 0 aliphatic carbocycles. The van der Waals surface area contributed by atoms with Crippen LogP contribution >= 0.6 is 34.9 Å². The standard InChI is InChI=1S/C26H32N4O2S3/c1-3-5-7-19-9-13-21(14-10-19)27-23(31)17-33-25-29-30-26(35-25)34-18-24(32)28-22-15-11-20(12-16-22)8-6-4-2/h9-16H,3-8,17-18H2,1-2H3,(H,27,31)(H,28,32). The lowest BCUT2D eigenvalue weighted by atomic mass is 10.1. The molecule has 3 rings (SSSR count). The van der Waals surface area contributed by atoms with E-state index in [1.165, 1.54) is 71.7 Å². The van der Waals surface area contributed by atoms with Gasteiger partial charge in [-0.05, 0) is 61.1 Å². The maximum atomic E-state index is 12.3. The molecule has 3 aromatic rings. The predicted molar refractivity (Wildman–Crippen MR) is 149 cm³/mol. The van der Waals surface area contributed by atoms with Gasteiger partial charge < -0.3 is 10.6 Å². The van der Waals surface area contributed by atoms with Crippen LogP contribution in [0.1, 0.15) is 50.7 Å². The number of nitrogens with zero attached hydrogens (tertiary/aromatic N) is 2. The van der Waals surface area contributed by atoms with Gasteiger partial charge in [0.15, 0.2) is 8.68 Å². The van der Waals surface area contributed by atoms with Crippen molar-refractivity contribution in [3.63, 3.8) is 0 Å². The molecule has 186 valence electrons. The minimum atomic E-state index is -0.0826. The highest BCUT2D eigenvalue weighted by Gasteiger charge is 2.11. The van der Waals surface area contributed by atoms with Gasteiger partial charge in [-0.15, -0.1) is 10.2 Å². The van der Waals surface area contributed by atoms with Gasteiger partial charge in [0.1, 0.15) is 0 Å². The van der Waals surface area contributed by atoms with E-state index < -0.39 is 0 Å². The third-order valence-corrected chi connectivity index (χ3v) is 8.34. The summed E-state index contributed by atoms with van der Waals surface area (Å²) in [6, 6.07) is 16.0. The Morgan fingerprint density at radius 3 is 1.49 bits per heavy atom. The molecule has 2 aromatic carbocycles. The molecule has 9 heteroatoms. The number of thioether (sulfide) groups is 2. The fourth-order valence-electron chi connectivity index (χ4n) is 3.23. The normalized spacial score (nSPS) is 10.8. The molecule has 0 saturated carbocycles. The van der Waals surface area contributed by atoms with E-state index in [4.69, 9.17) is 0 Å². The molecular formula is C26H32N4O2S3. The highest BCUT2D eigenvalue weighted by atomic mass is 32.2. The quantitative estimate of drug-likeness (QED) is 0.227. The molecule has 0 spiro atoms. The average Bonchev–Trinajstić information content (AvgIpc) is 3.33. The molecule has 0 saturated heterocycles. The van der Waals surface area contributed by atoms with Crippen molar-refractivity contribution >= 4 is 58.0 Å². The Labute approximate surface area is 220 Å². The van der Waals surface area contributed by atoms with E-state index >= 15 is 0 Å². The van der Waals surface area contributed by atoms with Gasteiger partial charge in [-0.1, -0.05) is 85.8 Å². The molecule has 0 atom stereocenters. The minimum absolute atomic E-state index is 0.0826. The van der Waals surface area contributed by atoms with Crippen LogP contribution in [0.3, 0.4) is 0 Å². The molecule has 35 heavy (non-hydrogen) atoms.